The van der Waals surface area contributed by atoms with Gasteiger partial charge in [0.2, 0.25) is 0 Å². The normalized spacial score (nSPS) is 19.9. The van der Waals surface area contributed by atoms with Gasteiger partial charge in [-0.25, -0.2) is 4.98 Å². The summed E-state index contributed by atoms with van der Waals surface area (Å²) in [6, 6.07) is 3.60. The maximum absolute atomic E-state index is 7.35. The van der Waals surface area contributed by atoms with E-state index >= 15 is 0 Å². The van der Waals surface area contributed by atoms with Crippen molar-refractivity contribution in [1.82, 2.24) is 4.98 Å². The number of thioether (sulfide) groups is 1. The maximum atomic E-state index is 7.35. The molecule has 0 bridgehead atoms. The van der Waals surface area contributed by atoms with E-state index in [4.69, 9.17) is 15.9 Å². The lowest BCUT2D eigenvalue weighted by molar-refractivity contribution is 0.129. The van der Waals surface area contributed by atoms with Crippen molar-refractivity contribution >= 4 is 17.6 Å². The molecule has 16 heavy (non-hydrogen) atoms. The molecule has 0 aromatic carbocycles. The highest BCUT2D eigenvalue weighted by atomic mass is 32.2. The van der Waals surface area contributed by atoms with Crippen LogP contribution in [0.3, 0.4) is 0 Å². The number of ether oxygens (including phenoxy) is 1. The summed E-state index contributed by atoms with van der Waals surface area (Å²) in [6.45, 7) is 0.881. The minimum atomic E-state index is 0.0846. The fourth-order valence-electron chi connectivity index (χ4n) is 1.61. The van der Waals surface area contributed by atoms with Crippen LogP contribution in [0.25, 0.3) is 0 Å². The molecule has 0 aliphatic carbocycles. The van der Waals surface area contributed by atoms with Gasteiger partial charge in [-0.1, -0.05) is 0 Å². The van der Waals surface area contributed by atoms with Crippen molar-refractivity contribution in [1.29, 1.82) is 5.41 Å². The highest BCUT2D eigenvalue weighted by molar-refractivity contribution is 7.99. The largest absolute Gasteiger partial charge is 0.384 e. The molecule has 0 amide bonds. The lowest BCUT2D eigenvalue weighted by Crippen LogP contribution is -2.11. The molecule has 1 atom stereocenters. The molecule has 0 radical (unpaired) electrons. The molecule has 1 aliphatic heterocycles. The molecule has 86 valence electrons. The van der Waals surface area contributed by atoms with Gasteiger partial charge in [0, 0.05) is 24.1 Å². The number of pyridine rings is 1. The highest BCUT2D eigenvalue weighted by Gasteiger charge is 2.15. The summed E-state index contributed by atoms with van der Waals surface area (Å²) in [5.74, 6) is 1.01. The molecule has 1 fully saturated rings. The van der Waals surface area contributed by atoms with Crippen molar-refractivity contribution in [3.05, 3.63) is 23.9 Å². The van der Waals surface area contributed by atoms with Crippen LogP contribution < -0.4 is 5.73 Å². The van der Waals surface area contributed by atoms with Crippen molar-refractivity contribution < 1.29 is 4.74 Å². The minimum Gasteiger partial charge on any atom is -0.384 e. The van der Waals surface area contributed by atoms with Gasteiger partial charge in [0.15, 0.2) is 0 Å². The van der Waals surface area contributed by atoms with Gasteiger partial charge in [-0.2, -0.15) is 0 Å². The Bertz CT molecular complexity index is 377. The Hall–Kier alpha value is -1.07. The Labute approximate surface area is 99.1 Å². The number of hydrogen-bond acceptors (Lipinski definition) is 4. The molecular weight excluding hydrogens is 222 g/mol. The number of hydrogen-bond donors (Lipinski definition) is 2. The molecular formula is C11H15N3OS. The van der Waals surface area contributed by atoms with Crippen molar-refractivity contribution in [2.75, 3.05) is 12.4 Å². The Morgan fingerprint density at radius 1 is 1.69 bits per heavy atom. The first-order valence-corrected chi connectivity index (χ1v) is 6.29. The van der Waals surface area contributed by atoms with E-state index in [9.17, 15) is 0 Å². The number of amidine groups is 1. The van der Waals surface area contributed by atoms with Gasteiger partial charge in [0.1, 0.15) is 5.84 Å². The number of nitrogen functional groups attached to an aromatic ring is 1. The maximum Gasteiger partial charge on any atom is 0.122 e. The summed E-state index contributed by atoms with van der Waals surface area (Å²) >= 11 is 1.66. The summed E-state index contributed by atoms with van der Waals surface area (Å²) < 4.78 is 5.54. The molecule has 1 unspecified atom stereocenters. The molecule has 3 N–H and O–H groups in total. The molecule has 1 aromatic rings. The van der Waals surface area contributed by atoms with Gasteiger partial charge < -0.3 is 10.5 Å². The second kappa shape index (κ2) is 5.32. The Balaban J connectivity index is 1.93. The minimum absolute atomic E-state index is 0.0846. The van der Waals surface area contributed by atoms with E-state index in [0.29, 0.717) is 6.10 Å². The van der Waals surface area contributed by atoms with Crippen LogP contribution in [-0.4, -0.2) is 29.3 Å². The molecule has 4 nitrogen and oxygen atoms in total. The molecule has 1 saturated heterocycles. The summed E-state index contributed by atoms with van der Waals surface area (Å²) in [6.07, 6.45) is 4.34. The van der Waals surface area contributed by atoms with E-state index < -0.39 is 0 Å². The van der Waals surface area contributed by atoms with Crippen molar-refractivity contribution in [3.8, 4) is 0 Å². The zero-order valence-corrected chi connectivity index (χ0v) is 9.80. The van der Waals surface area contributed by atoms with Crippen LogP contribution >= 0.6 is 11.8 Å². The third-order valence-corrected chi connectivity index (χ3v) is 3.54. The molecule has 1 aliphatic rings. The number of nitrogens with two attached hydrogens (primary N) is 1. The zero-order chi connectivity index (χ0) is 11.4. The second-order valence-corrected chi connectivity index (χ2v) is 4.78. The number of rotatable bonds is 4. The first kappa shape index (κ1) is 11.4. The zero-order valence-electron chi connectivity index (χ0n) is 8.98. The Morgan fingerprint density at radius 2 is 2.56 bits per heavy atom. The van der Waals surface area contributed by atoms with Crippen LogP contribution in [0.2, 0.25) is 0 Å². The summed E-state index contributed by atoms with van der Waals surface area (Å²) in [7, 11) is 0. The summed E-state index contributed by atoms with van der Waals surface area (Å²) in [5.41, 5.74) is 6.15. The van der Waals surface area contributed by atoms with Gasteiger partial charge in [-0.15, -0.1) is 11.8 Å². The van der Waals surface area contributed by atoms with Crippen LogP contribution in [-0.2, 0) is 4.74 Å². The molecule has 5 heteroatoms. The van der Waals surface area contributed by atoms with E-state index in [2.05, 4.69) is 4.98 Å². The predicted molar refractivity (Wildman–Crippen MR) is 65.0 cm³/mol. The fraction of sp³-hybridized carbons (Fsp3) is 0.455. The topological polar surface area (TPSA) is 72.0 Å². The third-order valence-electron chi connectivity index (χ3n) is 2.49. The van der Waals surface area contributed by atoms with E-state index in [0.717, 1.165) is 35.8 Å². The van der Waals surface area contributed by atoms with Crippen LogP contribution in [0, 0.1) is 5.41 Å². The number of aromatic nitrogens is 1. The average molecular weight is 237 g/mol. The van der Waals surface area contributed by atoms with E-state index in [1.54, 1.807) is 24.0 Å². The Kier molecular flexibility index (Phi) is 3.79. The predicted octanol–water partition coefficient (Wildman–Crippen LogP) is 1.64. The first-order valence-electron chi connectivity index (χ1n) is 5.30. The summed E-state index contributed by atoms with van der Waals surface area (Å²) in [5, 5.41) is 8.25. The quantitative estimate of drug-likeness (QED) is 0.474. The average Bonchev–Trinajstić information content (AvgIpc) is 2.79. The fourth-order valence-corrected chi connectivity index (χ4v) is 2.58. The van der Waals surface area contributed by atoms with Crippen molar-refractivity contribution in [3.63, 3.8) is 0 Å². The number of nitrogens with one attached hydrogen (secondary N) is 1. The van der Waals surface area contributed by atoms with Crippen LogP contribution in [0.15, 0.2) is 23.4 Å². The Morgan fingerprint density at radius 3 is 3.25 bits per heavy atom. The van der Waals surface area contributed by atoms with Gasteiger partial charge in [0.25, 0.3) is 0 Å². The SMILES string of the molecule is N=C(N)c1ccnc(SCC2CCCO2)c1. The lowest BCUT2D eigenvalue weighted by Gasteiger charge is -2.08. The van der Waals surface area contributed by atoms with Crippen LogP contribution in [0.5, 0.6) is 0 Å². The highest BCUT2D eigenvalue weighted by Crippen LogP contribution is 2.22. The van der Waals surface area contributed by atoms with E-state index in [1.165, 1.54) is 0 Å². The van der Waals surface area contributed by atoms with Crippen LogP contribution in [0.1, 0.15) is 18.4 Å². The van der Waals surface area contributed by atoms with Crippen molar-refractivity contribution in [2.24, 2.45) is 5.73 Å². The molecule has 2 heterocycles. The van der Waals surface area contributed by atoms with E-state index in [1.807, 2.05) is 6.07 Å². The van der Waals surface area contributed by atoms with Gasteiger partial charge in [-0.05, 0) is 25.0 Å². The van der Waals surface area contributed by atoms with Gasteiger partial charge in [-0.3, -0.25) is 5.41 Å². The first-order chi connectivity index (χ1) is 7.75. The smallest absolute Gasteiger partial charge is 0.122 e. The number of nitrogens with zero attached hydrogens (tertiary/aromatic N) is 1. The molecule has 0 spiro atoms. The van der Waals surface area contributed by atoms with Gasteiger partial charge >= 0.3 is 0 Å². The lowest BCUT2D eigenvalue weighted by atomic mass is 10.2. The monoisotopic (exact) mass is 237 g/mol. The van der Waals surface area contributed by atoms with Crippen LogP contribution in [0.4, 0.5) is 0 Å². The third kappa shape index (κ3) is 2.96. The molecule has 1 aromatic heterocycles. The van der Waals surface area contributed by atoms with Gasteiger partial charge in [0.05, 0.1) is 11.1 Å². The molecule has 2 rings (SSSR count). The summed E-state index contributed by atoms with van der Waals surface area (Å²) in [4.78, 5) is 4.24. The standard InChI is InChI=1S/C11H15N3OS/c12-11(13)8-3-4-14-10(6-8)16-7-9-2-1-5-15-9/h3-4,6,9H,1-2,5,7H2,(H3,12,13). The second-order valence-electron chi connectivity index (χ2n) is 3.74. The van der Waals surface area contributed by atoms with Crippen molar-refractivity contribution in [2.45, 2.75) is 24.0 Å². The van der Waals surface area contributed by atoms with E-state index in [-0.39, 0.29) is 5.84 Å². The molecule has 0 saturated carbocycles.